The topological polar surface area (TPSA) is 51.5 Å². The van der Waals surface area contributed by atoms with E-state index in [1.165, 1.54) is 0 Å². The van der Waals surface area contributed by atoms with Crippen LogP contribution in [0, 0.1) is 0 Å². The Morgan fingerprint density at radius 2 is 2.19 bits per heavy atom. The molecule has 2 rings (SSSR count). The number of carboxylic acids is 1. The molecule has 0 spiro atoms. The zero-order chi connectivity index (χ0) is 11.9. The molecule has 1 aromatic heterocycles. The molecule has 4 nitrogen and oxygen atoms in total. The van der Waals surface area contributed by atoms with E-state index in [2.05, 4.69) is 15.9 Å². The molecule has 16 heavy (non-hydrogen) atoms. The summed E-state index contributed by atoms with van der Waals surface area (Å²) >= 11 is 3.31. The summed E-state index contributed by atoms with van der Waals surface area (Å²) in [7, 11) is 3.30. The van der Waals surface area contributed by atoms with E-state index in [4.69, 9.17) is 9.84 Å². The van der Waals surface area contributed by atoms with E-state index in [0.29, 0.717) is 10.2 Å². The summed E-state index contributed by atoms with van der Waals surface area (Å²) in [5.74, 6) is -0.250. The van der Waals surface area contributed by atoms with Gasteiger partial charge >= 0.3 is 5.97 Å². The summed E-state index contributed by atoms with van der Waals surface area (Å²) in [5.41, 5.74) is 1.09. The first kappa shape index (κ1) is 11.0. The molecule has 0 unspecified atom stereocenters. The summed E-state index contributed by atoms with van der Waals surface area (Å²) in [5, 5.41) is 9.92. The largest absolute Gasteiger partial charge is 0.497 e. The highest BCUT2D eigenvalue weighted by molar-refractivity contribution is 9.10. The molecule has 0 radical (unpaired) electrons. The lowest BCUT2D eigenvalue weighted by molar-refractivity contribution is 0.0686. The quantitative estimate of drug-likeness (QED) is 0.922. The molecule has 0 atom stereocenters. The third-order valence-corrected chi connectivity index (χ3v) is 3.35. The van der Waals surface area contributed by atoms with Crippen molar-refractivity contribution in [3.05, 3.63) is 28.4 Å². The van der Waals surface area contributed by atoms with E-state index in [0.717, 1.165) is 10.9 Å². The third kappa shape index (κ3) is 1.48. The molecule has 0 saturated heterocycles. The number of hydrogen-bond acceptors (Lipinski definition) is 2. The lowest BCUT2D eigenvalue weighted by Gasteiger charge is -2.00. The summed E-state index contributed by atoms with van der Waals surface area (Å²) in [6.07, 6.45) is 0. The van der Waals surface area contributed by atoms with Crippen molar-refractivity contribution in [3.63, 3.8) is 0 Å². The predicted molar refractivity (Wildman–Crippen MR) is 64.1 cm³/mol. The Bertz CT molecular complexity index is 574. The van der Waals surface area contributed by atoms with E-state index >= 15 is 0 Å². The molecular weight excluding hydrogens is 274 g/mol. The fraction of sp³-hybridized carbons (Fsp3) is 0.182. The number of fused-ring (bicyclic) bond motifs is 1. The van der Waals surface area contributed by atoms with Crippen molar-refractivity contribution < 1.29 is 14.6 Å². The van der Waals surface area contributed by atoms with Crippen LogP contribution in [-0.4, -0.2) is 22.8 Å². The molecule has 0 aliphatic heterocycles. The highest BCUT2D eigenvalue weighted by Gasteiger charge is 2.18. The van der Waals surface area contributed by atoms with E-state index in [9.17, 15) is 4.79 Å². The molecule has 84 valence electrons. The maximum atomic E-state index is 11.1. The summed E-state index contributed by atoms with van der Waals surface area (Å²) < 4.78 is 7.33. The van der Waals surface area contributed by atoms with Crippen molar-refractivity contribution in [2.75, 3.05) is 7.11 Å². The summed E-state index contributed by atoms with van der Waals surface area (Å²) in [6.45, 7) is 0. The smallest absolute Gasteiger partial charge is 0.353 e. The lowest BCUT2D eigenvalue weighted by Crippen LogP contribution is -2.04. The van der Waals surface area contributed by atoms with E-state index in [-0.39, 0.29) is 5.69 Å². The van der Waals surface area contributed by atoms with Gasteiger partial charge < -0.3 is 14.4 Å². The highest BCUT2D eigenvalue weighted by atomic mass is 79.9. The Balaban J connectivity index is 2.83. The number of hydrogen-bond donors (Lipinski definition) is 1. The van der Waals surface area contributed by atoms with Crippen molar-refractivity contribution in [1.82, 2.24) is 4.57 Å². The van der Waals surface area contributed by atoms with Gasteiger partial charge in [-0.25, -0.2) is 4.79 Å². The van der Waals surface area contributed by atoms with Crippen molar-refractivity contribution in [2.24, 2.45) is 7.05 Å². The number of methoxy groups -OCH3 is 1. The average Bonchev–Trinajstić information content (AvgIpc) is 2.51. The van der Waals surface area contributed by atoms with Crippen LogP contribution in [-0.2, 0) is 7.05 Å². The molecule has 1 heterocycles. The monoisotopic (exact) mass is 283 g/mol. The second-order valence-corrected chi connectivity index (χ2v) is 4.20. The Morgan fingerprint density at radius 3 is 2.75 bits per heavy atom. The van der Waals surface area contributed by atoms with Crippen LogP contribution in [0.3, 0.4) is 0 Å². The highest BCUT2D eigenvalue weighted by Crippen LogP contribution is 2.32. The van der Waals surface area contributed by atoms with Gasteiger partial charge in [-0.3, -0.25) is 0 Å². The number of aromatic nitrogens is 1. The maximum Gasteiger partial charge on any atom is 0.353 e. The minimum atomic E-state index is -0.954. The van der Waals surface area contributed by atoms with Crippen molar-refractivity contribution in [2.45, 2.75) is 0 Å². The Kier molecular flexibility index (Phi) is 2.63. The number of ether oxygens (including phenoxy) is 1. The third-order valence-electron chi connectivity index (χ3n) is 2.55. The van der Waals surface area contributed by atoms with Crippen LogP contribution in [0.2, 0.25) is 0 Å². The number of halogens is 1. The van der Waals surface area contributed by atoms with E-state index in [1.807, 2.05) is 12.1 Å². The van der Waals surface area contributed by atoms with Crippen molar-refractivity contribution >= 4 is 32.8 Å². The van der Waals surface area contributed by atoms with Crippen LogP contribution in [0.5, 0.6) is 5.75 Å². The number of aromatic carboxylic acids is 1. The SMILES string of the molecule is COc1ccc2c(c1)c(Br)c(C(=O)O)n2C. The first-order chi connectivity index (χ1) is 7.56. The predicted octanol–water partition coefficient (Wildman–Crippen LogP) is 2.65. The average molecular weight is 284 g/mol. The van der Waals surface area contributed by atoms with Crippen molar-refractivity contribution in [1.29, 1.82) is 0 Å². The zero-order valence-corrected chi connectivity index (χ0v) is 10.4. The fourth-order valence-electron chi connectivity index (χ4n) is 1.74. The van der Waals surface area contributed by atoms with Crippen LogP contribution in [0.1, 0.15) is 10.5 Å². The van der Waals surface area contributed by atoms with E-state index < -0.39 is 5.97 Å². The minimum absolute atomic E-state index is 0.239. The molecule has 1 aromatic carbocycles. The van der Waals surface area contributed by atoms with Gasteiger partial charge in [0.2, 0.25) is 0 Å². The number of benzene rings is 1. The van der Waals surface area contributed by atoms with Gasteiger partial charge in [0.15, 0.2) is 0 Å². The van der Waals surface area contributed by atoms with Gasteiger partial charge in [0.1, 0.15) is 11.4 Å². The zero-order valence-electron chi connectivity index (χ0n) is 8.82. The van der Waals surface area contributed by atoms with Gasteiger partial charge in [-0.05, 0) is 34.1 Å². The number of nitrogens with zero attached hydrogens (tertiary/aromatic N) is 1. The molecule has 0 aliphatic rings. The number of carbonyl (C=O) groups is 1. The van der Waals surface area contributed by atoms with Gasteiger partial charge in [-0.2, -0.15) is 0 Å². The van der Waals surface area contributed by atoms with Crippen LogP contribution in [0.25, 0.3) is 10.9 Å². The molecule has 0 amide bonds. The molecular formula is C11H10BrNO3. The van der Waals surface area contributed by atoms with Crippen molar-refractivity contribution in [3.8, 4) is 5.75 Å². The second kappa shape index (κ2) is 3.83. The molecule has 1 N–H and O–H groups in total. The number of carboxylic acid groups (broad SMARTS) is 1. The maximum absolute atomic E-state index is 11.1. The summed E-state index contributed by atoms with van der Waals surface area (Å²) in [6, 6.07) is 5.46. The van der Waals surface area contributed by atoms with Gasteiger partial charge in [-0.1, -0.05) is 0 Å². The summed E-state index contributed by atoms with van der Waals surface area (Å²) in [4.78, 5) is 11.1. The lowest BCUT2D eigenvalue weighted by atomic mass is 10.2. The fourth-order valence-corrected chi connectivity index (χ4v) is 2.50. The first-order valence-electron chi connectivity index (χ1n) is 4.61. The minimum Gasteiger partial charge on any atom is -0.497 e. The second-order valence-electron chi connectivity index (χ2n) is 3.41. The van der Waals surface area contributed by atoms with Crippen LogP contribution in [0.4, 0.5) is 0 Å². The van der Waals surface area contributed by atoms with Gasteiger partial charge in [0.05, 0.1) is 11.6 Å². The van der Waals surface area contributed by atoms with E-state index in [1.54, 1.807) is 24.8 Å². The molecule has 0 saturated carbocycles. The number of rotatable bonds is 2. The van der Waals surface area contributed by atoms with Crippen LogP contribution in [0.15, 0.2) is 22.7 Å². The van der Waals surface area contributed by atoms with Crippen LogP contribution < -0.4 is 4.74 Å². The molecule has 0 fully saturated rings. The Morgan fingerprint density at radius 1 is 1.50 bits per heavy atom. The Labute approximate surface area is 101 Å². The molecule has 0 bridgehead atoms. The molecule has 0 aliphatic carbocycles. The normalized spacial score (nSPS) is 10.7. The molecule has 2 aromatic rings. The molecule has 5 heteroatoms. The van der Waals surface area contributed by atoms with Gasteiger partial charge in [-0.15, -0.1) is 0 Å². The Hall–Kier alpha value is -1.49. The van der Waals surface area contributed by atoms with Gasteiger partial charge in [0.25, 0.3) is 0 Å². The standard InChI is InChI=1S/C11H10BrNO3/c1-13-8-4-3-6(16-2)5-7(8)9(12)10(13)11(14)15/h3-5H,1-2H3,(H,14,15). The first-order valence-corrected chi connectivity index (χ1v) is 5.40. The van der Waals surface area contributed by atoms with Gasteiger partial charge in [0, 0.05) is 18.0 Å². The number of aryl methyl sites for hydroxylation is 1. The van der Waals surface area contributed by atoms with Crippen LogP contribution >= 0.6 is 15.9 Å².